The van der Waals surface area contributed by atoms with E-state index in [1.807, 2.05) is 73.2 Å². The zero-order chi connectivity index (χ0) is 22.4. The summed E-state index contributed by atoms with van der Waals surface area (Å²) >= 11 is 0. The minimum Gasteiger partial charge on any atom is -0.546 e. The van der Waals surface area contributed by atoms with Crippen LogP contribution < -0.4 is 14.6 Å². The number of carbonyl (C=O) groups is 2. The van der Waals surface area contributed by atoms with E-state index < -0.39 is 12.6 Å². The van der Waals surface area contributed by atoms with Crippen molar-refractivity contribution in [2.75, 3.05) is 13.7 Å². The van der Waals surface area contributed by atoms with Crippen LogP contribution in [0.15, 0.2) is 60.8 Å². The molecule has 0 bridgehead atoms. The van der Waals surface area contributed by atoms with Gasteiger partial charge < -0.3 is 23.9 Å². The molecule has 0 saturated carbocycles. The molecule has 0 aliphatic heterocycles. The maximum absolute atomic E-state index is 12.9. The highest BCUT2D eigenvalue weighted by Gasteiger charge is 2.14. The number of methoxy groups -OCH3 is 1. The number of allylic oxidation sites excluding steroid dienone is 1. The van der Waals surface area contributed by atoms with E-state index in [1.54, 1.807) is 12.1 Å². The molecule has 3 rings (SSSR count). The van der Waals surface area contributed by atoms with E-state index in [-0.39, 0.29) is 5.78 Å². The summed E-state index contributed by atoms with van der Waals surface area (Å²) in [7, 11) is 1.52. The van der Waals surface area contributed by atoms with E-state index >= 15 is 0 Å². The van der Waals surface area contributed by atoms with Gasteiger partial charge in [0.15, 0.2) is 0 Å². The zero-order valence-electron chi connectivity index (χ0n) is 17.8. The number of hydrogen-bond donors (Lipinski definition) is 0. The van der Waals surface area contributed by atoms with Crippen molar-refractivity contribution < 1.29 is 24.2 Å². The van der Waals surface area contributed by atoms with Crippen LogP contribution in [0.4, 0.5) is 0 Å². The van der Waals surface area contributed by atoms with Gasteiger partial charge in [-0.05, 0) is 43.2 Å². The molecule has 0 amide bonds. The molecular formula is C25H24NO5-. The Hall–Kier alpha value is -3.80. The number of aryl methyl sites for hydroxylation is 2. The molecule has 0 radical (unpaired) electrons. The Morgan fingerprint density at radius 1 is 1.00 bits per heavy atom. The van der Waals surface area contributed by atoms with Crippen LogP contribution in [-0.2, 0) is 11.3 Å². The van der Waals surface area contributed by atoms with E-state index in [0.717, 1.165) is 16.7 Å². The number of ether oxygens (including phenoxy) is 2. The Labute approximate surface area is 181 Å². The normalized spacial score (nSPS) is 10.9. The lowest BCUT2D eigenvalue weighted by atomic mass is 10.1. The third-order valence-corrected chi connectivity index (χ3v) is 4.69. The highest BCUT2D eigenvalue weighted by Crippen LogP contribution is 2.24. The first kappa shape index (κ1) is 21.9. The summed E-state index contributed by atoms with van der Waals surface area (Å²) < 4.78 is 12.4. The average Bonchev–Trinajstić information content (AvgIpc) is 3.12. The minimum atomic E-state index is -1.30. The van der Waals surface area contributed by atoms with Crippen LogP contribution in [0.1, 0.15) is 32.7 Å². The molecule has 0 aliphatic rings. The maximum atomic E-state index is 12.9. The van der Waals surface area contributed by atoms with Gasteiger partial charge in [0.2, 0.25) is 5.78 Å². The zero-order valence-corrected chi connectivity index (χ0v) is 17.8. The summed E-state index contributed by atoms with van der Waals surface area (Å²) in [6.07, 6.45) is 5.72. The van der Waals surface area contributed by atoms with Crippen molar-refractivity contribution >= 4 is 17.8 Å². The Morgan fingerprint density at radius 3 is 2.39 bits per heavy atom. The van der Waals surface area contributed by atoms with Crippen molar-refractivity contribution in [3.8, 4) is 11.5 Å². The molecule has 0 atom stereocenters. The van der Waals surface area contributed by atoms with Crippen molar-refractivity contribution in [1.82, 2.24) is 4.57 Å². The van der Waals surface area contributed by atoms with Gasteiger partial charge in [0.1, 0.15) is 18.1 Å². The molecule has 1 heterocycles. The summed E-state index contributed by atoms with van der Waals surface area (Å²) in [5.41, 5.74) is 4.16. The lowest BCUT2D eigenvalue weighted by Crippen LogP contribution is -2.28. The van der Waals surface area contributed by atoms with Gasteiger partial charge in [-0.15, -0.1) is 0 Å². The van der Waals surface area contributed by atoms with Crippen molar-refractivity contribution in [1.29, 1.82) is 0 Å². The molecule has 0 fully saturated rings. The van der Waals surface area contributed by atoms with Gasteiger partial charge in [0.05, 0.1) is 18.8 Å². The first-order valence-electron chi connectivity index (χ1n) is 9.82. The lowest BCUT2D eigenvalue weighted by molar-refractivity contribution is -0.307. The fraction of sp³-hybridized carbons (Fsp3) is 0.200. The Balaban J connectivity index is 1.78. The van der Waals surface area contributed by atoms with Gasteiger partial charge in [-0.25, -0.2) is 0 Å². The molecule has 0 saturated heterocycles. The molecule has 1 aromatic heterocycles. The first-order valence-corrected chi connectivity index (χ1v) is 9.82. The van der Waals surface area contributed by atoms with Crippen LogP contribution in [0.5, 0.6) is 11.5 Å². The fourth-order valence-electron chi connectivity index (χ4n) is 3.19. The maximum Gasteiger partial charge on any atom is 0.209 e. The number of aliphatic carboxylic acids is 1. The Kier molecular flexibility index (Phi) is 6.92. The fourth-order valence-corrected chi connectivity index (χ4v) is 3.19. The number of benzene rings is 2. The van der Waals surface area contributed by atoms with Crippen molar-refractivity contribution in [3.05, 3.63) is 88.8 Å². The minimum absolute atomic E-state index is 0.0270. The quantitative estimate of drug-likeness (QED) is 0.499. The van der Waals surface area contributed by atoms with Crippen LogP contribution in [0.25, 0.3) is 6.08 Å². The molecular weight excluding hydrogens is 394 g/mol. The summed E-state index contributed by atoms with van der Waals surface area (Å²) in [4.78, 5) is 23.6. The number of carboxylic acids is 1. The van der Waals surface area contributed by atoms with Crippen LogP contribution in [-0.4, -0.2) is 30.0 Å². The van der Waals surface area contributed by atoms with E-state index in [0.29, 0.717) is 29.3 Å². The highest BCUT2D eigenvalue weighted by molar-refractivity contribution is 6.08. The van der Waals surface area contributed by atoms with E-state index in [4.69, 9.17) is 9.47 Å². The molecule has 0 aliphatic carbocycles. The van der Waals surface area contributed by atoms with Gasteiger partial charge in [-0.2, -0.15) is 0 Å². The summed E-state index contributed by atoms with van der Waals surface area (Å²) in [5, 5.41) is 10.6. The Morgan fingerprint density at radius 2 is 1.71 bits per heavy atom. The van der Waals surface area contributed by atoms with Crippen molar-refractivity contribution in [2.24, 2.45) is 0 Å². The monoisotopic (exact) mass is 418 g/mol. The molecule has 0 spiro atoms. The van der Waals surface area contributed by atoms with Gasteiger partial charge in [0.25, 0.3) is 0 Å². The van der Waals surface area contributed by atoms with Crippen LogP contribution in [0.2, 0.25) is 0 Å². The van der Waals surface area contributed by atoms with Crippen molar-refractivity contribution in [2.45, 2.75) is 20.4 Å². The van der Waals surface area contributed by atoms with E-state index in [1.165, 1.54) is 7.11 Å². The second-order valence-electron chi connectivity index (χ2n) is 7.26. The topological polar surface area (TPSA) is 80.6 Å². The average molecular weight is 418 g/mol. The van der Waals surface area contributed by atoms with Crippen LogP contribution >= 0.6 is 0 Å². The second-order valence-corrected chi connectivity index (χ2v) is 7.26. The number of carbonyl (C=O) groups excluding carboxylic acids is 2. The van der Waals surface area contributed by atoms with E-state index in [2.05, 4.69) is 0 Å². The van der Waals surface area contributed by atoms with Crippen molar-refractivity contribution in [3.63, 3.8) is 0 Å². The largest absolute Gasteiger partial charge is 0.546 e. The standard InChI is InChI=1S/C25H25NO5/c1-17-6-8-20(9-7-17)25(29)23-11-18(2)15-26(23)10-4-5-19-12-21(30-3)14-22(13-19)31-16-24(27)28/h4-9,11-15H,10,16H2,1-3H3,(H,27,28)/p-1/b5-4+. The lowest BCUT2D eigenvalue weighted by Gasteiger charge is -2.10. The number of ketones is 1. The van der Waals surface area contributed by atoms with Crippen LogP contribution in [0, 0.1) is 13.8 Å². The number of hydrogen-bond acceptors (Lipinski definition) is 5. The number of rotatable bonds is 9. The molecule has 0 unspecified atom stereocenters. The SMILES string of the molecule is COc1cc(/C=C/Cn2cc(C)cc2C(=O)c2ccc(C)cc2)cc(OCC(=O)[O-])c1. The number of aromatic nitrogens is 1. The van der Waals surface area contributed by atoms with Gasteiger partial charge in [-0.1, -0.05) is 42.0 Å². The summed E-state index contributed by atoms with van der Waals surface area (Å²) in [6, 6.07) is 14.5. The second kappa shape index (κ2) is 9.80. The molecule has 160 valence electrons. The first-order chi connectivity index (χ1) is 14.9. The van der Waals surface area contributed by atoms with Gasteiger partial charge in [-0.3, -0.25) is 4.79 Å². The number of nitrogens with zero attached hydrogens (tertiary/aromatic N) is 1. The number of carboxylic acid groups (broad SMARTS) is 1. The smallest absolute Gasteiger partial charge is 0.209 e. The third-order valence-electron chi connectivity index (χ3n) is 4.69. The van der Waals surface area contributed by atoms with E-state index in [9.17, 15) is 14.7 Å². The van der Waals surface area contributed by atoms with Gasteiger partial charge in [0, 0.05) is 24.4 Å². The molecule has 6 heteroatoms. The molecule has 0 N–H and O–H groups in total. The van der Waals surface area contributed by atoms with Crippen LogP contribution in [0.3, 0.4) is 0 Å². The predicted molar refractivity (Wildman–Crippen MR) is 116 cm³/mol. The molecule has 31 heavy (non-hydrogen) atoms. The highest BCUT2D eigenvalue weighted by atomic mass is 16.5. The third kappa shape index (κ3) is 5.85. The summed E-state index contributed by atoms with van der Waals surface area (Å²) in [6.45, 7) is 3.89. The molecule has 6 nitrogen and oxygen atoms in total. The molecule has 3 aromatic rings. The molecule has 2 aromatic carbocycles. The Bertz CT molecular complexity index is 1110. The summed E-state index contributed by atoms with van der Waals surface area (Å²) in [5.74, 6) is -0.410. The van der Waals surface area contributed by atoms with Gasteiger partial charge >= 0.3 is 0 Å². The predicted octanol–water partition coefficient (Wildman–Crippen LogP) is 3.19.